The zero-order valence-corrected chi connectivity index (χ0v) is 14.7. The van der Waals surface area contributed by atoms with Gasteiger partial charge in [-0.25, -0.2) is 0 Å². The Morgan fingerprint density at radius 1 is 1.10 bits per heavy atom. The first-order valence-corrected chi connectivity index (χ1v) is 8.30. The molecule has 1 heterocycles. The van der Waals surface area contributed by atoms with E-state index in [0.717, 1.165) is 22.1 Å². The molecule has 2 nitrogen and oxygen atoms in total. The number of hydrogen-bond donors (Lipinski definition) is 1. The van der Waals surface area contributed by atoms with Gasteiger partial charge in [-0.05, 0) is 30.3 Å². The average molecular weight is 408 g/mol. The van der Waals surface area contributed by atoms with E-state index < -0.39 is 0 Å². The number of benzene rings is 2. The van der Waals surface area contributed by atoms with E-state index in [4.69, 9.17) is 39.5 Å². The summed E-state index contributed by atoms with van der Waals surface area (Å²) in [5, 5.41) is 5.23. The largest absolute Gasteiger partial charge is 0.492 e. The second kappa shape index (κ2) is 6.25. The van der Waals surface area contributed by atoms with Gasteiger partial charge < -0.3 is 10.1 Å². The molecule has 110 valence electrons. The maximum Gasteiger partial charge on any atom is 0.143 e. The van der Waals surface area contributed by atoms with Crippen molar-refractivity contribution < 1.29 is 4.74 Å². The van der Waals surface area contributed by atoms with E-state index in [1.54, 1.807) is 6.07 Å². The molecule has 1 unspecified atom stereocenters. The number of anilines is 1. The third kappa shape index (κ3) is 3.26. The molecule has 1 aliphatic rings. The molecule has 2 aromatic rings. The van der Waals surface area contributed by atoms with Crippen molar-refractivity contribution in [3.63, 3.8) is 0 Å². The molecule has 0 saturated carbocycles. The molecule has 0 amide bonds. The minimum absolute atomic E-state index is 0.0525. The van der Waals surface area contributed by atoms with Gasteiger partial charge in [0.05, 0.1) is 28.4 Å². The van der Waals surface area contributed by atoms with Crippen molar-refractivity contribution >= 4 is 56.4 Å². The molecule has 0 fully saturated rings. The summed E-state index contributed by atoms with van der Waals surface area (Å²) in [6, 6.07) is 9.32. The zero-order chi connectivity index (χ0) is 15.0. The first-order chi connectivity index (χ1) is 10.0. The number of ether oxygens (including phenoxy) is 1. The molecule has 0 saturated heterocycles. The van der Waals surface area contributed by atoms with Crippen LogP contribution in [0.5, 0.6) is 5.75 Å². The second-order valence-corrected chi connectivity index (χ2v) is 6.93. The van der Waals surface area contributed by atoms with Crippen LogP contribution in [0.1, 0.15) is 18.0 Å². The summed E-state index contributed by atoms with van der Waals surface area (Å²) < 4.78 is 6.62. The molecule has 0 spiro atoms. The molecule has 21 heavy (non-hydrogen) atoms. The molecular weight excluding hydrogens is 396 g/mol. The van der Waals surface area contributed by atoms with Crippen molar-refractivity contribution in [1.29, 1.82) is 0 Å². The number of rotatable bonds is 2. The van der Waals surface area contributed by atoms with Gasteiger partial charge in [-0.15, -0.1) is 0 Å². The summed E-state index contributed by atoms with van der Waals surface area (Å²) in [6.07, 6.45) is 0.812. The molecular formula is C15H11BrCl3NO. The van der Waals surface area contributed by atoms with Gasteiger partial charge in [-0.3, -0.25) is 0 Å². The predicted octanol–water partition coefficient (Wildman–Crippen LogP) is 6.35. The normalized spacial score (nSPS) is 17.0. The molecule has 1 atom stereocenters. The highest BCUT2D eigenvalue weighted by molar-refractivity contribution is 9.10. The summed E-state index contributed by atoms with van der Waals surface area (Å²) in [5.41, 5.74) is 1.81. The number of fused-ring (bicyclic) bond motifs is 1. The summed E-state index contributed by atoms with van der Waals surface area (Å²) in [4.78, 5) is 0. The van der Waals surface area contributed by atoms with E-state index in [-0.39, 0.29) is 6.04 Å². The van der Waals surface area contributed by atoms with Gasteiger partial charge in [0, 0.05) is 21.5 Å². The van der Waals surface area contributed by atoms with Crippen LogP contribution in [0.15, 0.2) is 34.8 Å². The van der Waals surface area contributed by atoms with Crippen molar-refractivity contribution in [2.75, 3.05) is 11.9 Å². The number of nitrogens with one attached hydrogen (secondary N) is 1. The lowest BCUT2D eigenvalue weighted by Gasteiger charge is -2.28. The smallest absolute Gasteiger partial charge is 0.143 e. The van der Waals surface area contributed by atoms with E-state index in [1.807, 2.05) is 24.3 Å². The summed E-state index contributed by atoms with van der Waals surface area (Å²) >= 11 is 22.0. The topological polar surface area (TPSA) is 21.3 Å². The average Bonchev–Trinajstić information content (AvgIpc) is 2.43. The minimum Gasteiger partial charge on any atom is -0.492 e. The Morgan fingerprint density at radius 3 is 2.71 bits per heavy atom. The van der Waals surface area contributed by atoms with E-state index in [0.29, 0.717) is 27.4 Å². The van der Waals surface area contributed by atoms with Crippen molar-refractivity contribution in [2.24, 2.45) is 0 Å². The van der Waals surface area contributed by atoms with Crippen LogP contribution in [0.4, 0.5) is 5.69 Å². The lowest BCUT2D eigenvalue weighted by Crippen LogP contribution is -2.20. The first-order valence-electron chi connectivity index (χ1n) is 6.38. The van der Waals surface area contributed by atoms with Gasteiger partial charge in [0.25, 0.3) is 0 Å². The standard InChI is InChI=1S/C15H11BrCl3NO/c16-8-1-2-11(18)14(5-8)20-13-3-4-21-15-10(13)6-9(17)7-12(15)19/h1-2,5-7,13,20H,3-4H2. The van der Waals surface area contributed by atoms with Gasteiger partial charge in [0.15, 0.2) is 0 Å². The Hall–Kier alpha value is -0.610. The fourth-order valence-corrected chi connectivity index (χ4v) is 3.47. The van der Waals surface area contributed by atoms with Crippen molar-refractivity contribution in [2.45, 2.75) is 12.5 Å². The van der Waals surface area contributed by atoms with Crippen LogP contribution >= 0.6 is 50.7 Å². The Labute approximate surface area is 146 Å². The molecule has 0 bridgehead atoms. The zero-order valence-electron chi connectivity index (χ0n) is 10.8. The van der Waals surface area contributed by atoms with Gasteiger partial charge in [0.1, 0.15) is 5.75 Å². The van der Waals surface area contributed by atoms with Gasteiger partial charge >= 0.3 is 0 Å². The lowest BCUT2D eigenvalue weighted by molar-refractivity contribution is 0.274. The van der Waals surface area contributed by atoms with E-state index in [1.165, 1.54) is 0 Å². The molecule has 1 aliphatic heterocycles. The molecule has 0 radical (unpaired) electrons. The third-order valence-corrected chi connectivity index (χ3v) is 4.65. The molecule has 1 N–H and O–H groups in total. The fourth-order valence-electron chi connectivity index (χ4n) is 2.37. The molecule has 2 aromatic carbocycles. The van der Waals surface area contributed by atoms with Crippen molar-refractivity contribution in [1.82, 2.24) is 0 Å². The minimum atomic E-state index is 0.0525. The van der Waals surface area contributed by atoms with Crippen LogP contribution in [0.25, 0.3) is 0 Å². The van der Waals surface area contributed by atoms with Gasteiger partial charge in [-0.2, -0.15) is 0 Å². The fraction of sp³-hybridized carbons (Fsp3) is 0.200. The lowest BCUT2D eigenvalue weighted by atomic mass is 10.00. The first kappa shape index (κ1) is 15.3. The Morgan fingerprint density at radius 2 is 1.90 bits per heavy atom. The number of halogens is 4. The third-order valence-electron chi connectivity index (χ3n) is 3.32. The van der Waals surface area contributed by atoms with Crippen LogP contribution in [-0.2, 0) is 0 Å². The summed E-state index contributed by atoms with van der Waals surface area (Å²) in [5.74, 6) is 0.691. The summed E-state index contributed by atoms with van der Waals surface area (Å²) in [7, 11) is 0. The van der Waals surface area contributed by atoms with Crippen molar-refractivity contribution in [3.05, 3.63) is 55.4 Å². The van der Waals surface area contributed by atoms with E-state index >= 15 is 0 Å². The van der Waals surface area contributed by atoms with Crippen LogP contribution in [0, 0.1) is 0 Å². The Bertz CT molecular complexity index is 693. The maximum absolute atomic E-state index is 6.24. The Balaban J connectivity index is 1.97. The van der Waals surface area contributed by atoms with Crippen LogP contribution in [0.3, 0.4) is 0 Å². The SMILES string of the molecule is Clc1cc(Cl)c2c(c1)C(Nc1cc(Br)ccc1Cl)CCO2. The monoisotopic (exact) mass is 405 g/mol. The van der Waals surface area contributed by atoms with Crippen LogP contribution in [0.2, 0.25) is 15.1 Å². The Kier molecular flexibility index (Phi) is 4.55. The van der Waals surface area contributed by atoms with E-state index in [9.17, 15) is 0 Å². The van der Waals surface area contributed by atoms with Gasteiger partial charge in [0.2, 0.25) is 0 Å². The molecule has 0 aliphatic carbocycles. The molecule has 3 rings (SSSR count). The molecule has 0 aromatic heterocycles. The second-order valence-electron chi connectivity index (χ2n) is 4.76. The number of hydrogen-bond acceptors (Lipinski definition) is 2. The highest BCUT2D eigenvalue weighted by atomic mass is 79.9. The van der Waals surface area contributed by atoms with Crippen LogP contribution < -0.4 is 10.1 Å². The predicted molar refractivity (Wildman–Crippen MR) is 92.1 cm³/mol. The summed E-state index contributed by atoms with van der Waals surface area (Å²) in [6.45, 7) is 0.595. The quantitative estimate of drug-likeness (QED) is 0.627. The van der Waals surface area contributed by atoms with Crippen molar-refractivity contribution in [3.8, 4) is 5.75 Å². The maximum atomic E-state index is 6.24. The van der Waals surface area contributed by atoms with Gasteiger partial charge in [-0.1, -0.05) is 50.7 Å². The van der Waals surface area contributed by atoms with E-state index in [2.05, 4.69) is 21.2 Å². The highest BCUT2D eigenvalue weighted by Crippen LogP contribution is 2.42. The molecule has 6 heteroatoms. The van der Waals surface area contributed by atoms with Crippen LogP contribution in [-0.4, -0.2) is 6.61 Å². The highest BCUT2D eigenvalue weighted by Gasteiger charge is 2.24.